The van der Waals surface area contributed by atoms with Gasteiger partial charge in [-0.25, -0.2) is 0 Å². The third-order valence-electron chi connectivity index (χ3n) is 2.23. The molecule has 0 rings (SSSR count). The van der Waals surface area contributed by atoms with Gasteiger partial charge in [0.25, 0.3) is 0 Å². The van der Waals surface area contributed by atoms with E-state index in [1.807, 2.05) is 0 Å². The predicted molar refractivity (Wildman–Crippen MR) is 55.0 cm³/mol. The van der Waals surface area contributed by atoms with Crippen molar-refractivity contribution in [3.63, 3.8) is 0 Å². The molecule has 0 aliphatic rings. The summed E-state index contributed by atoms with van der Waals surface area (Å²) < 4.78 is 0. The summed E-state index contributed by atoms with van der Waals surface area (Å²) in [6.07, 6.45) is 0.197. The number of hydrogen-bond donors (Lipinski definition) is 1. The van der Waals surface area contributed by atoms with Crippen LogP contribution in [-0.2, 0) is 9.59 Å². The summed E-state index contributed by atoms with van der Waals surface area (Å²) in [6, 6.07) is 0. The van der Waals surface area contributed by atoms with Crippen LogP contribution in [0.15, 0.2) is 0 Å². The van der Waals surface area contributed by atoms with Crippen molar-refractivity contribution in [3.05, 3.63) is 0 Å². The van der Waals surface area contributed by atoms with Crippen LogP contribution in [0.3, 0.4) is 0 Å². The van der Waals surface area contributed by atoms with Crippen LogP contribution in [0.1, 0.15) is 47.5 Å². The molecule has 0 aromatic heterocycles. The largest absolute Gasteiger partial charge is 0.382 e. The molecular weight excluding hydrogens is 180 g/mol. The van der Waals surface area contributed by atoms with E-state index < -0.39 is 11.0 Å². The molecule has 0 amide bonds. The van der Waals surface area contributed by atoms with Gasteiger partial charge in [-0.15, -0.1) is 0 Å². The molecule has 0 fully saturated rings. The highest BCUT2D eigenvalue weighted by atomic mass is 16.3. The van der Waals surface area contributed by atoms with Crippen molar-refractivity contribution in [1.29, 1.82) is 0 Å². The molecule has 82 valence electrons. The Balaban J connectivity index is 4.86. The fraction of sp³-hybridized carbons (Fsp3) is 0.818. The fourth-order valence-electron chi connectivity index (χ4n) is 1.48. The van der Waals surface area contributed by atoms with E-state index in [1.54, 1.807) is 27.7 Å². The van der Waals surface area contributed by atoms with Gasteiger partial charge < -0.3 is 5.11 Å². The van der Waals surface area contributed by atoms with E-state index in [-0.39, 0.29) is 24.4 Å². The quantitative estimate of drug-likeness (QED) is 0.751. The van der Waals surface area contributed by atoms with E-state index in [0.717, 1.165) is 0 Å². The molecule has 14 heavy (non-hydrogen) atoms. The number of carbonyl (C=O) groups is 2. The number of aliphatic hydroxyl groups is 1. The van der Waals surface area contributed by atoms with Crippen LogP contribution in [-0.4, -0.2) is 22.3 Å². The minimum atomic E-state index is -1.48. The van der Waals surface area contributed by atoms with E-state index in [0.29, 0.717) is 0 Å². The summed E-state index contributed by atoms with van der Waals surface area (Å²) in [4.78, 5) is 22.8. The Morgan fingerprint density at radius 3 is 1.86 bits per heavy atom. The van der Waals surface area contributed by atoms with Crippen molar-refractivity contribution >= 4 is 11.6 Å². The Labute approximate surface area is 85.5 Å². The molecule has 0 radical (unpaired) electrons. The molecule has 1 atom stereocenters. The molecule has 0 aromatic rings. The topological polar surface area (TPSA) is 54.4 Å². The normalized spacial score (nSPS) is 16.1. The van der Waals surface area contributed by atoms with Gasteiger partial charge in [0.15, 0.2) is 5.78 Å². The summed E-state index contributed by atoms with van der Waals surface area (Å²) in [5.74, 6) is -0.422. The van der Waals surface area contributed by atoms with Crippen LogP contribution < -0.4 is 0 Å². The van der Waals surface area contributed by atoms with Gasteiger partial charge in [0.2, 0.25) is 0 Å². The van der Waals surface area contributed by atoms with Gasteiger partial charge in [0, 0.05) is 11.8 Å². The lowest BCUT2D eigenvalue weighted by atomic mass is 9.76. The van der Waals surface area contributed by atoms with Crippen LogP contribution in [0.5, 0.6) is 0 Å². The third kappa shape index (κ3) is 3.22. The molecule has 0 heterocycles. The molecule has 3 heteroatoms. The van der Waals surface area contributed by atoms with Crippen molar-refractivity contribution in [1.82, 2.24) is 0 Å². The van der Waals surface area contributed by atoms with Crippen LogP contribution in [0, 0.1) is 5.41 Å². The maximum Gasteiger partial charge on any atom is 0.170 e. The van der Waals surface area contributed by atoms with Gasteiger partial charge in [0.05, 0.1) is 0 Å². The first-order valence-electron chi connectivity index (χ1n) is 4.90. The zero-order chi connectivity index (χ0) is 11.6. The number of rotatable bonds is 4. The lowest BCUT2D eigenvalue weighted by Crippen LogP contribution is -2.46. The van der Waals surface area contributed by atoms with Gasteiger partial charge >= 0.3 is 0 Å². The van der Waals surface area contributed by atoms with Crippen LogP contribution in [0.4, 0.5) is 0 Å². The summed E-state index contributed by atoms with van der Waals surface area (Å²) in [7, 11) is 0. The Bertz CT molecular complexity index is 237. The molecule has 0 saturated heterocycles. The monoisotopic (exact) mass is 200 g/mol. The first-order chi connectivity index (χ1) is 6.13. The number of carbonyl (C=O) groups excluding carboxylic acids is 2. The number of hydrogen-bond acceptors (Lipinski definition) is 3. The second-order valence-corrected chi connectivity index (χ2v) is 4.84. The summed E-state index contributed by atoms with van der Waals surface area (Å²) in [5, 5.41) is 10.0. The number of ketones is 2. The molecule has 0 aromatic carbocycles. The highest BCUT2D eigenvalue weighted by molar-refractivity contribution is 5.95. The van der Waals surface area contributed by atoms with Crippen LogP contribution in [0.25, 0.3) is 0 Å². The molecule has 3 nitrogen and oxygen atoms in total. The van der Waals surface area contributed by atoms with Crippen molar-refractivity contribution in [2.75, 3.05) is 0 Å². The third-order valence-corrected chi connectivity index (χ3v) is 2.23. The average Bonchev–Trinajstić information content (AvgIpc) is 2.00. The molecule has 0 aliphatic heterocycles. The van der Waals surface area contributed by atoms with Crippen molar-refractivity contribution in [2.24, 2.45) is 5.41 Å². The van der Waals surface area contributed by atoms with E-state index >= 15 is 0 Å². The second-order valence-electron chi connectivity index (χ2n) is 4.84. The molecule has 1 unspecified atom stereocenters. The molecule has 0 spiro atoms. The predicted octanol–water partition coefficient (Wildman–Crippen LogP) is 1.72. The highest BCUT2D eigenvalue weighted by Gasteiger charge is 2.41. The SMILES string of the molecule is CCC(O)(CC(C)=O)C(=O)C(C)(C)C. The van der Waals surface area contributed by atoms with Crippen molar-refractivity contribution in [2.45, 2.75) is 53.1 Å². The Morgan fingerprint density at radius 2 is 1.64 bits per heavy atom. The Morgan fingerprint density at radius 1 is 1.21 bits per heavy atom. The van der Waals surface area contributed by atoms with Crippen molar-refractivity contribution in [3.8, 4) is 0 Å². The van der Waals surface area contributed by atoms with E-state index in [1.165, 1.54) is 6.92 Å². The number of Topliss-reactive ketones (excluding diaryl/α,β-unsaturated/α-hetero) is 2. The van der Waals surface area contributed by atoms with Crippen LogP contribution in [0.2, 0.25) is 0 Å². The molecule has 1 N–H and O–H groups in total. The average molecular weight is 200 g/mol. The smallest absolute Gasteiger partial charge is 0.170 e. The van der Waals surface area contributed by atoms with E-state index in [9.17, 15) is 14.7 Å². The van der Waals surface area contributed by atoms with Gasteiger partial charge in [-0.2, -0.15) is 0 Å². The van der Waals surface area contributed by atoms with Gasteiger partial charge in [-0.1, -0.05) is 27.7 Å². The zero-order valence-electron chi connectivity index (χ0n) is 9.68. The maximum atomic E-state index is 11.9. The van der Waals surface area contributed by atoms with Gasteiger partial charge in [0.1, 0.15) is 11.4 Å². The van der Waals surface area contributed by atoms with E-state index in [2.05, 4.69) is 0 Å². The first kappa shape index (κ1) is 13.3. The molecular formula is C11H20O3. The molecule has 0 aliphatic carbocycles. The molecule has 0 saturated carbocycles. The van der Waals surface area contributed by atoms with Crippen molar-refractivity contribution < 1.29 is 14.7 Å². The van der Waals surface area contributed by atoms with Gasteiger partial charge in [-0.05, 0) is 13.3 Å². The Hall–Kier alpha value is -0.700. The maximum absolute atomic E-state index is 11.9. The second kappa shape index (κ2) is 4.22. The van der Waals surface area contributed by atoms with Gasteiger partial charge in [-0.3, -0.25) is 9.59 Å². The molecule has 0 bridgehead atoms. The minimum Gasteiger partial charge on any atom is -0.382 e. The van der Waals surface area contributed by atoms with E-state index in [4.69, 9.17) is 0 Å². The summed E-state index contributed by atoms with van der Waals surface area (Å²) in [6.45, 7) is 8.34. The fourth-order valence-corrected chi connectivity index (χ4v) is 1.48. The first-order valence-corrected chi connectivity index (χ1v) is 4.90. The lowest BCUT2D eigenvalue weighted by molar-refractivity contribution is -0.149. The van der Waals surface area contributed by atoms with Crippen LogP contribution >= 0.6 is 0 Å². The minimum absolute atomic E-state index is 0.0837. The Kier molecular flexibility index (Phi) is 4.01. The highest BCUT2D eigenvalue weighted by Crippen LogP contribution is 2.28. The summed E-state index contributed by atoms with van der Waals surface area (Å²) >= 11 is 0. The zero-order valence-corrected chi connectivity index (χ0v) is 9.68. The lowest BCUT2D eigenvalue weighted by Gasteiger charge is -2.31. The summed E-state index contributed by atoms with van der Waals surface area (Å²) in [5.41, 5.74) is -2.09. The standard InChI is InChI=1S/C11H20O3/c1-6-11(14,7-8(2)12)9(13)10(3,4)5/h14H,6-7H2,1-5H3.